The second kappa shape index (κ2) is 4.71. The minimum absolute atomic E-state index is 0.325. The first-order chi connectivity index (χ1) is 8.04. The fraction of sp³-hybridized carbons (Fsp3) is 0.375. The molecule has 0 bridgehead atoms. The van der Waals surface area contributed by atoms with E-state index in [1.165, 1.54) is 0 Å². The van der Waals surface area contributed by atoms with Gasteiger partial charge in [-0.05, 0) is 0 Å². The summed E-state index contributed by atoms with van der Waals surface area (Å²) in [6.07, 6.45) is -10.6. The molecule has 0 saturated heterocycles. The van der Waals surface area contributed by atoms with E-state index in [4.69, 9.17) is 11.6 Å². The average molecular weight is 296 g/mol. The molecule has 0 spiro atoms. The molecular formula is C8H4ClF6NO2. The van der Waals surface area contributed by atoms with E-state index in [-0.39, 0.29) is 5.69 Å². The summed E-state index contributed by atoms with van der Waals surface area (Å²) in [5.41, 5.74) is -4.04. The molecule has 0 fully saturated rings. The van der Waals surface area contributed by atoms with E-state index in [0.29, 0.717) is 6.07 Å². The molecule has 0 unspecified atom stereocenters. The summed E-state index contributed by atoms with van der Waals surface area (Å²) in [4.78, 5) is 12.8. The van der Waals surface area contributed by atoms with Crippen molar-refractivity contribution in [2.75, 3.05) is 0 Å². The molecule has 3 nitrogen and oxygen atoms in total. The number of ether oxygens (including phenoxy) is 1. The van der Waals surface area contributed by atoms with Crippen LogP contribution in [0.4, 0.5) is 26.3 Å². The van der Waals surface area contributed by atoms with Crippen LogP contribution in [0, 0.1) is 0 Å². The molecule has 102 valence electrons. The molecule has 10 heteroatoms. The molecule has 1 rings (SSSR count). The van der Waals surface area contributed by atoms with Crippen molar-refractivity contribution in [2.24, 2.45) is 0 Å². The Morgan fingerprint density at radius 3 is 2.17 bits per heavy atom. The van der Waals surface area contributed by atoms with Crippen molar-refractivity contribution in [2.45, 2.75) is 18.4 Å². The first kappa shape index (κ1) is 14.7. The molecule has 0 aliphatic rings. The van der Waals surface area contributed by atoms with Crippen molar-refractivity contribution in [3.05, 3.63) is 27.5 Å². The molecule has 0 saturated carbocycles. The van der Waals surface area contributed by atoms with Crippen LogP contribution in [0.15, 0.2) is 10.9 Å². The summed E-state index contributed by atoms with van der Waals surface area (Å²) in [6.45, 7) is 0. The van der Waals surface area contributed by atoms with Gasteiger partial charge in [-0.25, -0.2) is 0 Å². The van der Waals surface area contributed by atoms with Crippen molar-refractivity contribution >= 4 is 11.6 Å². The number of aromatic nitrogens is 1. The summed E-state index contributed by atoms with van der Waals surface area (Å²) >= 11 is 5.22. The number of rotatable bonds is 2. The monoisotopic (exact) mass is 295 g/mol. The minimum atomic E-state index is -5.37. The van der Waals surface area contributed by atoms with Crippen molar-refractivity contribution < 1.29 is 31.1 Å². The van der Waals surface area contributed by atoms with E-state index < -0.39 is 35.3 Å². The van der Waals surface area contributed by atoms with Crippen LogP contribution < -0.4 is 10.2 Å². The third-order valence-corrected chi connectivity index (χ3v) is 1.99. The second-order valence-corrected chi connectivity index (χ2v) is 3.31. The van der Waals surface area contributed by atoms with Crippen LogP contribution in [0.3, 0.4) is 0 Å². The van der Waals surface area contributed by atoms with Crippen LogP contribution in [0.5, 0.6) is 5.88 Å². The maximum Gasteiger partial charge on any atom is 0.574 e. The predicted molar refractivity (Wildman–Crippen MR) is 48.3 cm³/mol. The normalized spacial score (nSPS) is 12.6. The number of hydrogen-bond donors (Lipinski definition) is 1. The van der Waals surface area contributed by atoms with E-state index in [1.54, 1.807) is 4.98 Å². The number of hydrogen-bond acceptors (Lipinski definition) is 2. The average Bonchev–Trinajstić information content (AvgIpc) is 2.11. The topological polar surface area (TPSA) is 42.1 Å². The number of pyridine rings is 1. The molecule has 18 heavy (non-hydrogen) atoms. The summed E-state index contributed by atoms with van der Waals surface area (Å²) in [5.74, 6) is -2.19. The lowest BCUT2D eigenvalue weighted by Crippen LogP contribution is -2.26. The van der Waals surface area contributed by atoms with E-state index in [1.807, 2.05) is 0 Å². The molecule has 0 aliphatic heterocycles. The zero-order valence-electron chi connectivity index (χ0n) is 8.25. The summed E-state index contributed by atoms with van der Waals surface area (Å²) in [6, 6.07) is 0.457. The third kappa shape index (κ3) is 3.56. The molecule has 1 N–H and O–H groups in total. The van der Waals surface area contributed by atoms with E-state index in [0.717, 1.165) is 0 Å². The maximum absolute atomic E-state index is 12.4. The summed E-state index contributed by atoms with van der Waals surface area (Å²) < 4.78 is 76.2. The Morgan fingerprint density at radius 2 is 1.78 bits per heavy atom. The molecule has 0 atom stereocenters. The van der Waals surface area contributed by atoms with Gasteiger partial charge in [0.15, 0.2) is 11.0 Å². The van der Waals surface area contributed by atoms with Crippen LogP contribution in [0.2, 0.25) is 0 Å². The highest BCUT2D eigenvalue weighted by Gasteiger charge is 2.42. The molecule has 0 aliphatic carbocycles. The highest BCUT2D eigenvalue weighted by molar-refractivity contribution is 6.16. The van der Waals surface area contributed by atoms with Gasteiger partial charge in [0.25, 0.3) is 0 Å². The van der Waals surface area contributed by atoms with Crippen molar-refractivity contribution in [1.82, 2.24) is 4.98 Å². The lowest BCUT2D eigenvalue weighted by Gasteiger charge is -2.15. The maximum atomic E-state index is 12.4. The Kier molecular flexibility index (Phi) is 3.84. The quantitative estimate of drug-likeness (QED) is 0.673. The standard InChI is InChI=1S/C8H4ClF6NO2/c9-2-3-1-4(17)5(7(10,11)12)6(16-3)18-8(13,14)15/h1H,2H2,(H,16,17). The Balaban J connectivity index is 3.44. The number of nitrogens with one attached hydrogen (secondary N) is 1. The largest absolute Gasteiger partial charge is 0.574 e. The number of aromatic amines is 1. The fourth-order valence-corrected chi connectivity index (χ4v) is 1.26. The molecule has 1 aromatic heterocycles. The van der Waals surface area contributed by atoms with Gasteiger partial charge >= 0.3 is 12.5 Å². The highest BCUT2D eigenvalue weighted by Crippen LogP contribution is 2.35. The molecule has 0 aromatic carbocycles. The van der Waals surface area contributed by atoms with Crippen LogP contribution in [0.1, 0.15) is 11.3 Å². The van der Waals surface area contributed by atoms with Gasteiger partial charge in [0, 0.05) is 11.8 Å². The van der Waals surface area contributed by atoms with Crippen molar-refractivity contribution in [3.8, 4) is 5.88 Å². The van der Waals surface area contributed by atoms with Crippen LogP contribution in [0.25, 0.3) is 0 Å². The van der Waals surface area contributed by atoms with Gasteiger partial charge in [0.05, 0.1) is 5.88 Å². The second-order valence-electron chi connectivity index (χ2n) is 3.04. The van der Waals surface area contributed by atoms with E-state index in [2.05, 4.69) is 4.74 Å². The smallest absolute Gasteiger partial charge is 0.389 e. The van der Waals surface area contributed by atoms with Crippen LogP contribution in [-0.4, -0.2) is 11.3 Å². The first-order valence-corrected chi connectivity index (χ1v) is 4.73. The first-order valence-electron chi connectivity index (χ1n) is 4.19. The third-order valence-electron chi connectivity index (χ3n) is 1.70. The van der Waals surface area contributed by atoms with Crippen LogP contribution >= 0.6 is 11.6 Å². The minimum Gasteiger partial charge on any atom is -0.389 e. The lowest BCUT2D eigenvalue weighted by atomic mass is 10.2. The van der Waals surface area contributed by atoms with Crippen molar-refractivity contribution in [3.63, 3.8) is 0 Å². The summed E-state index contributed by atoms with van der Waals surface area (Å²) in [7, 11) is 0. The number of alkyl halides is 7. The fourth-order valence-electron chi connectivity index (χ4n) is 1.12. The molecular weight excluding hydrogens is 292 g/mol. The number of H-pyrrole nitrogens is 1. The van der Waals surface area contributed by atoms with Gasteiger partial charge in [-0.3, -0.25) is 4.79 Å². The van der Waals surface area contributed by atoms with Gasteiger partial charge < -0.3 is 9.72 Å². The molecule has 1 heterocycles. The zero-order chi connectivity index (χ0) is 14.1. The Bertz CT molecular complexity index is 492. The van der Waals surface area contributed by atoms with E-state index in [9.17, 15) is 31.1 Å². The van der Waals surface area contributed by atoms with E-state index >= 15 is 0 Å². The van der Waals surface area contributed by atoms with Gasteiger partial charge in [0.1, 0.15) is 0 Å². The molecule has 0 radical (unpaired) electrons. The predicted octanol–water partition coefficient (Wildman–Crippen LogP) is 3.03. The number of halogens is 7. The zero-order valence-corrected chi connectivity index (χ0v) is 9.00. The lowest BCUT2D eigenvalue weighted by molar-refractivity contribution is -0.278. The molecule has 1 aromatic rings. The SMILES string of the molecule is O=c1cc(CCl)[nH]c(OC(F)(F)F)c1C(F)(F)F. The van der Waals surface area contributed by atoms with Gasteiger partial charge in [-0.2, -0.15) is 13.2 Å². The Labute approximate surface area is 100 Å². The van der Waals surface area contributed by atoms with Gasteiger partial charge in [0.2, 0.25) is 5.88 Å². The van der Waals surface area contributed by atoms with Crippen molar-refractivity contribution in [1.29, 1.82) is 0 Å². The van der Waals surface area contributed by atoms with Crippen LogP contribution in [-0.2, 0) is 12.1 Å². The Morgan fingerprint density at radius 1 is 1.22 bits per heavy atom. The molecule has 0 amide bonds. The van der Waals surface area contributed by atoms with Gasteiger partial charge in [-0.1, -0.05) is 0 Å². The Hall–Kier alpha value is -1.38. The summed E-state index contributed by atoms with van der Waals surface area (Å²) in [5, 5.41) is 0. The van der Waals surface area contributed by atoms with Gasteiger partial charge in [-0.15, -0.1) is 24.8 Å². The highest BCUT2D eigenvalue weighted by atomic mass is 35.5.